The van der Waals surface area contributed by atoms with Gasteiger partial charge in [0.2, 0.25) is 0 Å². The van der Waals surface area contributed by atoms with Crippen LogP contribution in [0.1, 0.15) is 20.8 Å². The molecule has 1 atom stereocenters. The van der Waals surface area contributed by atoms with Gasteiger partial charge in [-0.1, -0.05) is 38.2 Å². The number of rotatable bonds is 0. The van der Waals surface area contributed by atoms with Crippen molar-refractivity contribution in [2.24, 2.45) is 4.99 Å². The Morgan fingerprint density at radius 2 is 2.08 bits per heavy atom. The Morgan fingerprint density at radius 1 is 1.33 bits per heavy atom. The number of hydrogen-bond donors (Lipinski definition) is 0. The predicted octanol–water partition coefficient (Wildman–Crippen LogP) is 3.29. The summed E-state index contributed by atoms with van der Waals surface area (Å²) in [5.41, 5.74) is 1.92. The summed E-state index contributed by atoms with van der Waals surface area (Å²) >= 11 is 1.73. The van der Waals surface area contributed by atoms with Crippen LogP contribution in [0.3, 0.4) is 0 Å². The fraction of sp³-hybridized carbons (Fsp3) is 0.500. The van der Waals surface area contributed by atoms with Crippen LogP contribution in [0.25, 0.3) is 0 Å². The summed E-state index contributed by atoms with van der Waals surface area (Å²) in [6.45, 7) is 6.08. The van der Waals surface area contributed by atoms with Crippen molar-refractivity contribution in [1.82, 2.24) is 0 Å². The largest absolute Gasteiger partial charge is 0.279 e. The van der Waals surface area contributed by atoms with E-state index in [0.29, 0.717) is 6.04 Å². The van der Waals surface area contributed by atoms with E-state index in [-0.39, 0.29) is 0 Å². The molecule has 1 rings (SSSR count). The summed E-state index contributed by atoms with van der Waals surface area (Å²) in [6, 6.07) is 0.329. The van der Waals surface area contributed by atoms with Gasteiger partial charge in [-0.05, 0) is 6.92 Å². The van der Waals surface area contributed by atoms with Gasteiger partial charge in [0.1, 0.15) is 0 Å². The summed E-state index contributed by atoms with van der Waals surface area (Å²) < 4.78 is 0. The minimum Gasteiger partial charge on any atom is -0.279 e. The van der Waals surface area contributed by atoms with Gasteiger partial charge in [0.25, 0.3) is 0 Å². The van der Waals surface area contributed by atoms with Crippen molar-refractivity contribution in [3.8, 4) is 0 Å². The third kappa shape index (κ3) is 6.23. The second-order valence-electron chi connectivity index (χ2n) is 2.14. The van der Waals surface area contributed by atoms with Crippen molar-refractivity contribution in [3.05, 3.63) is 24.3 Å². The highest BCUT2D eigenvalue weighted by molar-refractivity contribution is 8.12. The predicted molar refractivity (Wildman–Crippen MR) is 60.0 cm³/mol. The lowest BCUT2D eigenvalue weighted by atomic mass is 10.3. The quantitative estimate of drug-likeness (QED) is 0.561. The van der Waals surface area contributed by atoms with Crippen LogP contribution in [0.5, 0.6) is 0 Å². The molecular weight excluding hydrogens is 166 g/mol. The first-order valence-corrected chi connectivity index (χ1v) is 5.41. The zero-order chi connectivity index (χ0) is 9.23. The molecule has 1 unspecified atom stereocenters. The van der Waals surface area contributed by atoms with Gasteiger partial charge in [-0.3, -0.25) is 4.99 Å². The Kier molecular flexibility index (Phi) is 8.24. The molecule has 1 nitrogen and oxygen atoms in total. The smallest absolute Gasteiger partial charge is 0.0660 e. The number of thioether (sulfide) groups is 1. The van der Waals surface area contributed by atoms with Gasteiger partial charge in [-0.2, -0.15) is 0 Å². The molecule has 0 fully saturated rings. The van der Waals surface area contributed by atoms with Crippen LogP contribution in [-0.4, -0.2) is 17.3 Å². The SMILES string of the molecule is CC.CC1/C=C\C=C/CSC=N1. The first kappa shape index (κ1) is 11.5. The highest BCUT2D eigenvalue weighted by atomic mass is 32.2. The molecule has 0 N–H and O–H groups in total. The molecule has 1 aliphatic heterocycles. The lowest BCUT2D eigenvalue weighted by molar-refractivity contribution is 0.936. The molecule has 68 valence electrons. The summed E-state index contributed by atoms with van der Waals surface area (Å²) in [7, 11) is 0. The second kappa shape index (κ2) is 8.60. The maximum atomic E-state index is 4.25. The Hall–Kier alpha value is -0.500. The summed E-state index contributed by atoms with van der Waals surface area (Å²) in [5.74, 6) is 1.03. The van der Waals surface area contributed by atoms with E-state index in [4.69, 9.17) is 0 Å². The van der Waals surface area contributed by atoms with E-state index >= 15 is 0 Å². The van der Waals surface area contributed by atoms with Gasteiger partial charge in [0, 0.05) is 5.75 Å². The van der Waals surface area contributed by atoms with E-state index in [2.05, 4.69) is 30.1 Å². The van der Waals surface area contributed by atoms with Gasteiger partial charge in [0.05, 0.1) is 11.6 Å². The molecule has 2 heteroatoms. The number of hydrogen-bond acceptors (Lipinski definition) is 2. The summed E-state index contributed by atoms with van der Waals surface area (Å²) in [4.78, 5) is 4.25. The molecule has 0 aromatic rings. The topological polar surface area (TPSA) is 12.4 Å². The molecule has 0 aliphatic carbocycles. The van der Waals surface area contributed by atoms with Gasteiger partial charge in [-0.25, -0.2) is 0 Å². The van der Waals surface area contributed by atoms with Crippen molar-refractivity contribution in [1.29, 1.82) is 0 Å². The maximum Gasteiger partial charge on any atom is 0.0660 e. The Labute approximate surface area is 79.7 Å². The van der Waals surface area contributed by atoms with Crippen LogP contribution >= 0.6 is 11.8 Å². The highest BCUT2D eigenvalue weighted by Crippen LogP contribution is 2.01. The fourth-order valence-electron chi connectivity index (χ4n) is 0.646. The number of nitrogens with zero attached hydrogens (tertiary/aromatic N) is 1. The molecule has 0 aromatic carbocycles. The monoisotopic (exact) mass is 183 g/mol. The molecule has 1 aliphatic rings. The van der Waals surface area contributed by atoms with E-state index in [1.54, 1.807) is 11.8 Å². The van der Waals surface area contributed by atoms with Crippen LogP contribution in [0.15, 0.2) is 29.3 Å². The molecule has 0 saturated carbocycles. The molecule has 0 bridgehead atoms. The van der Waals surface area contributed by atoms with Gasteiger partial charge in [0.15, 0.2) is 0 Å². The van der Waals surface area contributed by atoms with Crippen molar-refractivity contribution in [2.75, 3.05) is 5.75 Å². The van der Waals surface area contributed by atoms with E-state index in [1.165, 1.54) is 0 Å². The van der Waals surface area contributed by atoms with Gasteiger partial charge >= 0.3 is 0 Å². The first-order valence-electron chi connectivity index (χ1n) is 4.36. The van der Waals surface area contributed by atoms with E-state index < -0.39 is 0 Å². The normalized spacial score (nSPS) is 27.1. The van der Waals surface area contributed by atoms with E-state index in [9.17, 15) is 0 Å². The maximum absolute atomic E-state index is 4.25. The average Bonchev–Trinajstić information content (AvgIpc) is 2.22. The Morgan fingerprint density at radius 3 is 2.83 bits per heavy atom. The zero-order valence-electron chi connectivity index (χ0n) is 8.03. The van der Waals surface area contributed by atoms with Crippen molar-refractivity contribution in [3.63, 3.8) is 0 Å². The van der Waals surface area contributed by atoms with Crippen molar-refractivity contribution in [2.45, 2.75) is 26.8 Å². The van der Waals surface area contributed by atoms with Crippen molar-refractivity contribution < 1.29 is 0 Å². The molecule has 0 amide bonds. The minimum atomic E-state index is 0.329. The molecule has 0 radical (unpaired) electrons. The molecular formula is C10H17NS. The van der Waals surface area contributed by atoms with Crippen molar-refractivity contribution >= 4 is 17.3 Å². The minimum absolute atomic E-state index is 0.329. The molecule has 1 heterocycles. The molecule has 12 heavy (non-hydrogen) atoms. The number of aliphatic imine (C=N–C) groups is 1. The second-order valence-corrected chi connectivity index (χ2v) is 3.02. The Balaban J connectivity index is 0.000000561. The summed E-state index contributed by atoms with van der Waals surface area (Å²) in [6.07, 6.45) is 8.33. The summed E-state index contributed by atoms with van der Waals surface area (Å²) in [5, 5.41) is 0. The van der Waals surface area contributed by atoms with E-state index in [1.807, 2.05) is 25.5 Å². The lowest BCUT2D eigenvalue weighted by Crippen LogP contribution is -1.89. The van der Waals surface area contributed by atoms with Crippen LogP contribution < -0.4 is 0 Å². The molecule has 0 saturated heterocycles. The van der Waals surface area contributed by atoms with Crippen LogP contribution in [0, 0.1) is 0 Å². The fourth-order valence-corrected chi connectivity index (χ4v) is 1.23. The van der Waals surface area contributed by atoms with Crippen LogP contribution in [-0.2, 0) is 0 Å². The van der Waals surface area contributed by atoms with Gasteiger partial charge < -0.3 is 0 Å². The lowest BCUT2D eigenvalue weighted by Gasteiger charge is -1.93. The molecule has 0 spiro atoms. The van der Waals surface area contributed by atoms with E-state index in [0.717, 1.165) is 5.75 Å². The Bertz CT molecular complexity index is 171. The van der Waals surface area contributed by atoms with Crippen LogP contribution in [0.2, 0.25) is 0 Å². The first-order chi connectivity index (χ1) is 5.89. The molecule has 0 aromatic heterocycles. The number of allylic oxidation sites excluding steroid dienone is 2. The standard InChI is InChI=1S/C8H11NS.C2H6/c1-8-5-3-2-4-6-10-7-9-8;1-2/h2-5,7-8H,6H2,1H3;1-2H3/b4-2-,5-3-,9-7?;. The third-order valence-electron chi connectivity index (χ3n) is 1.20. The average molecular weight is 183 g/mol. The van der Waals surface area contributed by atoms with Gasteiger partial charge in [-0.15, -0.1) is 11.8 Å². The highest BCUT2D eigenvalue weighted by Gasteiger charge is 1.89. The van der Waals surface area contributed by atoms with Crippen LogP contribution in [0.4, 0.5) is 0 Å². The third-order valence-corrected chi connectivity index (χ3v) is 1.86. The zero-order valence-corrected chi connectivity index (χ0v) is 8.84.